The van der Waals surface area contributed by atoms with Crippen molar-refractivity contribution in [3.05, 3.63) is 18.0 Å². The minimum absolute atomic E-state index is 0.151. The molecule has 0 radical (unpaired) electrons. The zero-order valence-corrected chi connectivity index (χ0v) is 10.4. The van der Waals surface area contributed by atoms with Crippen LogP contribution in [0, 0.1) is 5.92 Å². The molecule has 1 saturated heterocycles. The second-order valence-corrected chi connectivity index (χ2v) is 4.63. The van der Waals surface area contributed by atoms with Gasteiger partial charge in [0.2, 0.25) is 5.95 Å². The Hall–Kier alpha value is -1.04. The fourth-order valence-corrected chi connectivity index (χ4v) is 2.25. The monoisotopic (exact) mass is 279 g/mol. The predicted molar refractivity (Wildman–Crippen MR) is 62.7 cm³/mol. The van der Waals surface area contributed by atoms with Crippen molar-refractivity contribution >= 4 is 17.5 Å². The van der Waals surface area contributed by atoms with Crippen LogP contribution in [0.25, 0.3) is 0 Å². The van der Waals surface area contributed by atoms with Crippen LogP contribution in [-0.2, 0) is 6.18 Å². The molecule has 0 saturated carbocycles. The molecule has 1 fully saturated rings. The Morgan fingerprint density at radius 1 is 1.33 bits per heavy atom. The van der Waals surface area contributed by atoms with Gasteiger partial charge >= 0.3 is 6.18 Å². The molecular formula is C11H13ClF3N3. The topological polar surface area (TPSA) is 29.0 Å². The highest BCUT2D eigenvalue weighted by Crippen LogP contribution is 2.29. The van der Waals surface area contributed by atoms with E-state index < -0.39 is 11.9 Å². The lowest BCUT2D eigenvalue weighted by atomic mass is 9.99. The smallest absolute Gasteiger partial charge is 0.341 e. The van der Waals surface area contributed by atoms with Gasteiger partial charge in [-0.05, 0) is 24.8 Å². The van der Waals surface area contributed by atoms with Gasteiger partial charge in [-0.3, -0.25) is 0 Å². The van der Waals surface area contributed by atoms with Crippen LogP contribution in [0.15, 0.2) is 12.3 Å². The lowest BCUT2D eigenvalue weighted by molar-refractivity contribution is -0.141. The summed E-state index contributed by atoms with van der Waals surface area (Å²) in [5, 5.41) is 0. The average molecular weight is 280 g/mol. The van der Waals surface area contributed by atoms with Crippen LogP contribution in [0.2, 0.25) is 0 Å². The van der Waals surface area contributed by atoms with Gasteiger partial charge in [-0.1, -0.05) is 0 Å². The third-order valence-electron chi connectivity index (χ3n) is 3.05. The van der Waals surface area contributed by atoms with Crippen LogP contribution in [0.5, 0.6) is 0 Å². The Bertz CT molecular complexity index is 403. The third-order valence-corrected chi connectivity index (χ3v) is 3.49. The maximum atomic E-state index is 12.5. The first-order valence-corrected chi connectivity index (χ1v) is 6.25. The van der Waals surface area contributed by atoms with Crippen LogP contribution >= 0.6 is 11.6 Å². The number of rotatable bonds is 2. The number of anilines is 1. The molecule has 2 rings (SSSR count). The summed E-state index contributed by atoms with van der Waals surface area (Å²) in [5.41, 5.74) is -0.896. The first kappa shape index (κ1) is 13.4. The van der Waals surface area contributed by atoms with Crippen LogP contribution in [0.3, 0.4) is 0 Å². The Kier molecular flexibility index (Phi) is 3.94. The summed E-state index contributed by atoms with van der Waals surface area (Å²) in [7, 11) is 0. The molecule has 1 aromatic heterocycles. The molecule has 7 heteroatoms. The zero-order valence-electron chi connectivity index (χ0n) is 9.62. The van der Waals surface area contributed by atoms with Crippen molar-refractivity contribution in [1.82, 2.24) is 9.97 Å². The zero-order chi connectivity index (χ0) is 13.2. The molecule has 0 aliphatic carbocycles. The predicted octanol–water partition coefficient (Wildman–Crippen LogP) is 2.95. The van der Waals surface area contributed by atoms with Crippen molar-refractivity contribution in [3.8, 4) is 0 Å². The van der Waals surface area contributed by atoms with E-state index in [1.54, 1.807) is 4.90 Å². The molecule has 1 aliphatic rings. The van der Waals surface area contributed by atoms with E-state index in [2.05, 4.69) is 9.97 Å². The Morgan fingerprint density at radius 3 is 2.56 bits per heavy atom. The summed E-state index contributed by atoms with van der Waals surface area (Å²) >= 11 is 5.76. The van der Waals surface area contributed by atoms with Gasteiger partial charge in [0.15, 0.2) is 0 Å². The number of aromatic nitrogens is 2. The molecule has 0 atom stereocenters. The fraction of sp³-hybridized carbons (Fsp3) is 0.636. The number of alkyl halides is 4. The van der Waals surface area contributed by atoms with E-state index in [0.717, 1.165) is 25.1 Å². The van der Waals surface area contributed by atoms with Crippen LogP contribution in [0.4, 0.5) is 19.1 Å². The van der Waals surface area contributed by atoms with Gasteiger partial charge in [0.25, 0.3) is 0 Å². The molecule has 3 nitrogen and oxygen atoms in total. The van der Waals surface area contributed by atoms with Gasteiger partial charge < -0.3 is 4.90 Å². The van der Waals surface area contributed by atoms with E-state index in [4.69, 9.17) is 11.6 Å². The first-order valence-electron chi connectivity index (χ1n) is 5.72. The summed E-state index contributed by atoms with van der Waals surface area (Å²) in [6.07, 6.45) is -1.54. The van der Waals surface area contributed by atoms with E-state index in [-0.39, 0.29) is 5.95 Å². The highest BCUT2D eigenvalue weighted by atomic mass is 35.5. The van der Waals surface area contributed by atoms with Gasteiger partial charge in [-0.2, -0.15) is 13.2 Å². The van der Waals surface area contributed by atoms with Crippen molar-refractivity contribution in [2.45, 2.75) is 19.0 Å². The van der Waals surface area contributed by atoms with E-state index in [1.165, 1.54) is 0 Å². The van der Waals surface area contributed by atoms with Crippen LogP contribution < -0.4 is 4.90 Å². The molecule has 0 N–H and O–H groups in total. The summed E-state index contributed by atoms with van der Waals surface area (Å²) in [5.74, 6) is 1.18. The van der Waals surface area contributed by atoms with Crippen molar-refractivity contribution < 1.29 is 13.2 Å². The number of hydrogen-bond donors (Lipinski definition) is 0. The molecule has 100 valence electrons. The third kappa shape index (κ3) is 3.04. The van der Waals surface area contributed by atoms with E-state index in [0.29, 0.717) is 24.9 Å². The summed E-state index contributed by atoms with van der Waals surface area (Å²) < 4.78 is 37.6. The van der Waals surface area contributed by atoms with E-state index >= 15 is 0 Å². The second-order valence-electron chi connectivity index (χ2n) is 4.32. The molecule has 1 aliphatic heterocycles. The van der Waals surface area contributed by atoms with Gasteiger partial charge in [-0.25, -0.2) is 9.97 Å². The van der Waals surface area contributed by atoms with Crippen LogP contribution in [0.1, 0.15) is 18.5 Å². The van der Waals surface area contributed by atoms with Crippen molar-refractivity contribution in [3.63, 3.8) is 0 Å². The molecule has 1 aromatic rings. The maximum absolute atomic E-state index is 12.5. The molecule has 2 heterocycles. The van der Waals surface area contributed by atoms with Gasteiger partial charge in [0, 0.05) is 25.2 Å². The van der Waals surface area contributed by atoms with Crippen molar-refractivity contribution in [2.75, 3.05) is 23.9 Å². The Labute approximate surface area is 108 Å². The maximum Gasteiger partial charge on any atom is 0.433 e. The molecule has 0 spiro atoms. The molecule has 0 unspecified atom stereocenters. The lowest BCUT2D eigenvalue weighted by Crippen LogP contribution is -2.35. The van der Waals surface area contributed by atoms with Crippen LogP contribution in [-0.4, -0.2) is 28.9 Å². The quantitative estimate of drug-likeness (QED) is 0.780. The van der Waals surface area contributed by atoms with E-state index in [9.17, 15) is 13.2 Å². The van der Waals surface area contributed by atoms with E-state index in [1.807, 2.05) is 0 Å². The molecule has 18 heavy (non-hydrogen) atoms. The Balaban J connectivity index is 2.10. The van der Waals surface area contributed by atoms with Crippen molar-refractivity contribution in [2.24, 2.45) is 5.92 Å². The largest absolute Gasteiger partial charge is 0.433 e. The summed E-state index contributed by atoms with van der Waals surface area (Å²) in [6.45, 7) is 1.30. The standard InChI is InChI=1S/C11H13ClF3N3/c12-7-8-2-5-18(6-3-8)10-16-4-1-9(17-10)11(13,14)15/h1,4,8H,2-3,5-7H2. The number of nitrogens with zero attached hydrogens (tertiary/aromatic N) is 3. The highest BCUT2D eigenvalue weighted by Gasteiger charge is 2.33. The van der Waals surface area contributed by atoms with Gasteiger partial charge in [-0.15, -0.1) is 11.6 Å². The molecular weight excluding hydrogens is 267 g/mol. The second kappa shape index (κ2) is 5.30. The number of halogens is 4. The Morgan fingerprint density at radius 2 is 2.00 bits per heavy atom. The average Bonchev–Trinajstić information content (AvgIpc) is 2.38. The minimum Gasteiger partial charge on any atom is -0.341 e. The molecule has 0 aromatic carbocycles. The summed E-state index contributed by atoms with van der Waals surface area (Å²) in [4.78, 5) is 9.26. The molecule has 0 amide bonds. The SMILES string of the molecule is FC(F)(F)c1ccnc(N2CCC(CCl)CC2)n1. The lowest BCUT2D eigenvalue weighted by Gasteiger charge is -2.31. The number of piperidine rings is 1. The molecule has 0 bridgehead atoms. The fourth-order valence-electron chi connectivity index (χ4n) is 1.95. The number of hydrogen-bond acceptors (Lipinski definition) is 3. The first-order chi connectivity index (χ1) is 8.50. The normalized spacial score (nSPS) is 18.1. The summed E-state index contributed by atoms with van der Waals surface area (Å²) in [6, 6.07) is 0.884. The minimum atomic E-state index is -4.42. The highest BCUT2D eigenvalue weighted by molar-refractivity contribution is 6.18. The van der Waals surface area contributed by atoms with Gasteiger partial charge in [0.05, 0.1) is 0 Å². The van der Waals surface area contributed by atoms with Crippen molar-refractivity contribution in [1.29, 1.82) is 0 Å². The van der Waals surface area contributed by atoms with Gasteiger partial charge in [0.1, 0.15) is 5.69 Å².